The first kappa shape index (κ1) is 13.0. The Hall–Kier alpha value is -1.06. The molecule has 3 nitrogen and oxygen atoms in total. The molecule has 1 saturated carbocycles. The van der Waals surface area contributed by atoms with Crippen molar-refractivity contribution in [1.29, 1.82) is 0 Å². The second kappa shape index (κ2) is 4.85. The molecule has 1 aromatic carbocycles. The number of rotatable bonds is 2. The summed E-state index contributed by atoms with van der Waals surface area (Å²) in [6, 6.07) is 7.75. The van der Waals surface area contributed by atoms with Crippen LogP contribution in [0.25, 0.3) is 0 Å². The van der Waals surface area contributed by atoms with Crippen LogP contribution in [0.2, 0.25) is 0 Å². The highest BCUT2D eigenvalue weighted by atomic mass is 35.5. The van der Waals surface area contributed by atoms with Crippen LogP contribution in [0.3, 0.4) is 0 Å². The lowest BCUT2D eigenvalue weighted by molar-refractivity contribution is -0.123. The van der Waals surface area contributed by atoms with Crippen molar-refractivity contribution in [3.63, 3.8) is 0 Å². The average Bonchev–Trinajstić information content (AvgIpc) is 2.14. The van der Waals surface area contributed by atoms with Gasteiger partial charge in [0.2, 0.25) is 5.91 Å². The summed E-state index contributed by atoms with van der Waals surface area (Å²) in [4.78, 5) is 11.8. The Kier molecular flexibility index (Phi) is 3.94. The maximum atomic E-state index is 11.8. The van der Waals surface area contributed by atoms with Gasteiger partial charge in [0.1, 0.15) is 0 Å². The van der Waals surface area contributed by atoms with Gasteiger partial charge < -0.3 is 11.1 Å². The van der Waals surface area contributed by atoms with Gasteiger partial charge in [0.05, 0.1) is 5.54 Å². The molecule has 0 bridgehead atoms. The number of anilines is 1. The van der Waals surface area contributed by atoms with Crippen LogP contribution in [0.1, 0.15) is 24.8 Å². The van der Waals surface area contributed by atoms with Crippen molar-refractivity contribution in [2.24, 2.45) is 5.73 Å². The topological polar surface area (TPSA) is 55.1 Å². The van der Waals surface area contributed by atoms with Crippen LogP contribution in [0.5, 0.6) is 0 Å². The van der Waals surface area contributed by atoms with Gasteiger partial charge in [-0.3, -0.25) is 4.79 Å². The molecule has 0 atom stereocenters. The highest BCUT2D eigenvalue weighted by Crippen LogP contribution is 2.30. The number of halogens is 1. The zero-order chi connectivity index (χ0) is 10.9. The molecular formula is C12H17ClN2O. The molecular weight excluding hydrogens is 224 g/mol. The van der Waals surface area contributed by atoms with Crippen molar-refractivity contribution in [2.45, 2.75) is 31.7 Å². The molecule has 0 aromatic heterocycles. The minimum absolute atomic E-state index is 0. The van der Waals surface area contributed by atoms with Crippen LogP contribution in [0.15, 0.2) is 24.3 Å². The van der Waals surface area contributed by atoms with Crippen LogP contribution in [0, 0.1) is 6.92 Å². The number of nitrogens with two attached hydrogens (primary N) is 1. The van der Waals surface area contributed by atoms with Crippen molar-refractivity contribution in [3.05, 3.63) is 29.8 Å². The van der Waals surface area contributed by atoms with Gasteiger partial charge in [-0.1, -0.05) is 12.1 Å². The normalized spacial score (nSPS) is 16.9. The molecule has 2 rings (SSSR count). The van der Waals surface area contributed by atoms with E-state index in [0.29, 0.717) is 0 Å². The summed E-state index contributed by atoms with van der Waals surface area (Å²) < 4.78 is 0. The minimum Gasteiger partial charge on any atom is -0.324 e. The highest BCUT2D eigenvalue weighted by molar-refractivity contribution is 5.98. The summed E-state index contributed by atoms with van der Waals surface area (Å²) >= 11 is 0. The molecule has 3 N–H and O–H groups in total. The quantitative estimate of drug-likeness (QED) is 0.833. The Labute approximate surface area is 102 Å². The molecule has 16 heavy (non-hydrogen) atoms. The molecule has 1 aliphatic carbocycles. The number of hydrogen-bond donors (Lipinski definition) is 2. The zero-order valence-corrected chi connectivity index (χ0v) is 10.1. The Morgan fingerprint density at radius 2 is 2.12 bits per heavy atom. The zero-order valence-electron chi connectivity index (χ0n) is 9.32. The van der Waals surface area contributed by atoms with E-state index < -0.39 is 5.54 Å². The molecule has 1 aliphatic rings. The largest absolute Gasteiger partial charge is 0.324 e. The predicted molar refractivity (Wildman–Crippen MR) is 67.8 cm³/mol. The van der Waals surface area contributed by atoms with Crippen LogP contribution in [-0.4, -0.2) is 11.4 Å². The summed E-state index contributed by atoms with van der Waals surface area (Å²) in [6.45, 7) is 2.00. The lowest BCUT2D eigenvalue weighted by atomic mass is 9.77. The second-order valence-electron chi connectivity index (χ2n) is 4.33. The lowest BCUT2D eigenvalue weighted by Crippen LogP contribution is -2.56. The van der Waals surface area contributed by atoms with Gasteiger partial charge in [0.25, 0.3) is 0 Å². The van der Waals surface area contributed by atoms with Gasteiger partial charge in [0, 0.05) is 5.69 Å². The predicted octanol–water partition coefficient (Wildman–Crippen LogP) is 2.24. The SMILES string of the molecule is Cc1cccc(NC(=O)C2(N)CCC2)c1.Cl. The highest BCUT2D eigenvalue weighted by Gasteiger charge is 2.39. The first-order chi connectivity index (χ1) is 7.10. The van der Waals surface area contributed by atoms with Crippen molar-refractivity contribution >= 4 is 24.0 Å². The summed E-state index contributed by atoms with van der Waals surface area (Å²) in [5, 5.41) is 2.86. The maximum absolute atomic E-state index is 11.8. The smallest absolute Gasteiger partial charge is 0.244 e. The van der Waals surface area contributed by atoms with Crippen LogP contribution in [0.4, 0.5) is 5.69 Å². The van der Waals surface area contributed by atoms with Crippen molar-refractivity contribution < 1.29 is 4.79 Å². The Morgan fingerprint density at radius 3 is 2.62 bits per heavy atom. The van der Waals surface area contributed by atoms with E-state index in [0.717, 1.165) is 30.5 Å². The van der Waals surface area contributed by atoms with Gasteiger partial charge >= 0.3 is 0 Å². The molecule has 0 spiro atoms. The first-order valence-corrected chi connectivity index (χ1v) is 5.27. The number of amides is 1. The molecule has 0 aliphatic heterocycles. The molecule has 0 unspecified atom stereocenters. The fourth-order valence-electron chi connectivity index (χ4n) is 1.76. The fourth-order valence-corrected chi connectivity index (χ4v) is 1.76. The van der Waals surface area contributed by atoms with Gasteiger partial charge in [0.15, 0.2) is 0 Å². The second-order valence-corrected chi connectivity index (χ2v) is 4.33. The number of benzene rings is 1. The number of carbonyl (C=O) groups is 1. The summed E-state index contributed by atoms with van der Waals surface area (Å²) in [6.07, 6.45) is 2.65. The molecule has 4 heteroatoms. The van der Waals surface area contributed by atoms with Gasteiger partial charge in [-0.2, -0.15) is 0 Å². The van der Waals surface area contributed by atoms with E-state index in [1.807, 2.05) is 31.2 Å². The van der Waals surface area contributed by atoms with E-state index in [4.69, 9.17) is 5.73 Å². The van der Waals surface area contributed by atoms with Gasteiger partial charge in [-0.25, -0.2) is 0 Å². The molecule has 0 saturated heterocycles. The monoisotopic (exact) mass is 240 g/mol. The number of nitrogens with one attached hydrogen (secondary N) is 1. The third-order valence-corrected chi connectivity index (χ3v) is 2.97. The number of hydrogen-bond acceptors (Lipinski definition) is 2. The summed E-state index contributed by atoms with van der Waals surface area (Å²) in [5.41, 5.74) is 7.26. The number of carbonyl (C=O) groups excluding carboxylic acids is 1. The molecule has 1 amide bonds. The summed E-state index contributed by atoms with van der Waals surface area (Å²) in [5.74, 6) is -0.0562. The third-order valence-electron chi connectivity index (χ3n) is 2.97. The van der Waals surface area contributed by atoms with Crippen molar-refractivity contribution in [2.75, 3.05) is 5.32 Å². The Bertz CT molecular complexity index is 388. The van der Waals surface area contributed by atoms with Crippen LogP contribution in [-0.2, 0) is 4.79 Å². The van der Waals surface area contributed by atoms with E-state index in [2.05, 4.69) is 5.32 Å². The molecule has 0 radical (unpaired) electrons. The molecule has 1 aromatic rings. The van der Waals surface area contributed by atoms with Gasteiger partial charge in [-0.15, -0.1) is 12.4 Å². The molecule has 1 fully saturated rings. The van der Waals surface area contributed by atoms with E-state index in [1.165, 1.54) is 0 Å². The van der Waals surface area contributed by atoms with Crippen molar-refractivity contribution in [1.82, 2.24) is 0 Å². The van der Waals surface area contributed by atoms with E-state index in [-0.39, 0.29) is 18.3 Å². The minimum atomic E-state index is -0.621. The maximum Gasteiger partial charge on any atom is 0.244 e. The third kappa shape index (κ3) is 2.54. The first-order valence-electron chi connectivity index (χ1n) is 5.27. The van der Waals surface area contributed by atoms with Crippen molar-refractivity contribution in [3.8, 4) is 0 Å². The average molecular weight is 241 g/mol. The summed E-state index contributed by atoms with van der Waals surface area (Å²) in [7, 11) is 0. The Morgan fingerprint density at radius 1 is 1.44 bits per heavy atom. The Balaban J connectivity index is 0.00000128. The molecule has 0 heterocycles. The standard InChI is InChI=1S/C12H16N2O.ClH/c1-9-4-2-5-10(8-9)14-11(15)12(13)6-3-7-12;/h2,4-5,8H,3,6-7,13H2,1H3,(H,14,15);1H. The van der Waals surface area contributed by atoms with E-state index >= 15 is 0 Å². The van der Waals surface area contributed by atoms with Gasteiger partial charge in [-0.05, 0) is 43.9 Å². The van der Waals surface area contributed by atoms with E-state index in [1.54, 1.807) is 0 Å². The van der Waals surface area contributed by atoms with Crippen LogP contribution >= 0.6 is 12.4 Å². The lowest BCUT2D eigenvalue weighted by Gasteiger charge is -2.36. The molecule has 88 valence electrons. The van der Waals surface area contributed by atoms with E-state index in [9.17, 15) is 4.79 Å². The van der Waals surface area contributed by atoms with Crippen LogP contribution < -0.4 is 11.1 Å². The number of aryl methyl sites for hydroxylation is 1. The fraction of sp³-hybridized carbons (Fsp3) is 0.417.